The molecular weight excluding hydrogens is 352 g/mol. The standard InChI is InChI=1S/C21H29ClO4/c1-2-3-11-19(23)24-15-12-18-20(16-9-5-4-6-10-17(16)22)26-21(25-18)13-7-8-14-21/h5-6,9-10,18,20H,2-4,7-8,11-15H2,1H3. The van der Waals surface area contributed by atoms with Crippen LogP contribution in [0.4, 0.5) is 0 Å². The first-order valence-corrected chi connectivity index (χ1v) is 10.3. The van der Waals surface area contributed by atoms with Crippen LogP contribution >= 0.6 is 11.6 Å². The van der Waals surface area contributed by atoms with Crippen molar-refractivity contribution in [3.05, 3.63) is 34.9 Å². The lowest BCUT2D eigenvalue weighted by molar-refractivity contribution is -0.168. The summed E-state index contributed by atoms with van der Waals surface area (Å²) in [5.74, 6) is -0.622. The molecular formula is C21H29ClO4. The van der Waals surface area contributed by atoms with Crippen LogP contribution in [0.2, 0.25) is 0 Å². The molecule has 2 aliphatic carbocycles. The quantitative estimate of drug-likeness (QED) is 0.571. The zero-order chi connectivity index (χ0) is 18.4. The number of halogens is 1. The zero-order valence-electron chi connectivity index (χ0n) is 15.5. The van der Waals surface area contributed by atoms with Crippen LogP contribution in [0.15, 0.2) is 34.9 Å². The van der Waals surface area contributed by atoms with E-state index in [1.165, 1.54) is 0 Å². The minimum absolute atomic E-state index is 0.132. The maximum atomic E-state index is 11.8. The lowest BCUT2D eigenvalue weighted by Gasteiger charge is -2.22. The van der Waals surface area contributed by atoms with Crippen LogP contribution in [-0.2, 0) is 19.0 Å². The van der Waals surface area contributed by atoms with Gasteiger partial charge in [-0.05, 0) is 31.8 Å². The Morgan fingerprint density at radius 2 is 2.04 bits per heavy atom. The Labute approximate surface area is 161 Å². The van der Waals surface area contributed by atoms with E-state index >= 15 is 0 Å². The summed E-state index contributed by atoms with van der Waals surface area (Å²) >= 11 is 6.49. The van der Waals surface area contributed by atoms with Gasteiger partial charge in [-0.15, -0.1) is 0 Å². The zero-order valence-corrected chi connectivity index (χ0v) is 16.3. The molecule has 144 valence electrons. The van der Waals surface area contributed by atoms with Crippen molar-refractivity contribution in [2.24, 2.45) is 0 Å². The third-order valence-corrected chi connectivity index (χ3v) is 5.57. The number of allylic oxidation sites excluding steroid dienone is 4. The van der Waals surface area contributed by atoms with Crippen molar-refractivity contribution in [3.63, 3.8) is 0 Å². The Morgan fingerprint density at radius 3 is 2.81 bits per heavy atom. The molecule has 0 bridgehead atoms. The normalized spacial score (nSPS) is 27.3. The molecule has 3 rings (SSSR count). The number of unbranched alkanes of at least 4 members (excludes halogenated alkanes) is 1. The predicted molar refractivity (Wildman–Crippen MR) is 102 cm³/mol. The van der Waals surface area contributed by atoms with Crippen molar-refractivity contribution in [1.29, 1.82) is 0 Å². The molecule has 0 aromatic heterocycles. The first kappa shape index (κ1) is 19.7. The Bertz CT molecular complexity index is 587. The second kappa shape index (κ2) is 9.20. The van der Waals surface area contributed by atoms with Gasteiger partial charge in [0.25, 0.3) is 0 Å². The molecule has 3 aliphatic rings. The van der Waals surface area contributed by atoms with Gasteiger partial charge in [0.05, 0.1) is 12.7 Å². The van der Waals surface area contributed by atoms with Crippen LogP contribution in [0.5, 0.6) is 0 Å². The maximum Gasteiger partial charge on any atom is 0.305 e. The van der Waals surface area contributed by atoms with E-state index in [4.69, 9.17) is 25.8 Å². The number of carbonyl (C=O) groups is 1. The predicted octanol–water partition coefficient (Wildman–Crippen LogP) is 5.17. The van der Waals surface area contributed by atoms with Gasteiger partial charge in [0.15, 0.2) is 5.79 Å². The van der Waals surface area contributed by atoms with Crippen LogP contribution in [-0.4, -0.2) is 30.6 Å². The average Bonchev–Trinajstić information content (AvgIpc) is 3.16. The molecule has 2 fully saturated rings. The maximum absolute atomic E-state index is 11.8. The minimum Gasteiger partial charge on any atom is -0.466 e. The van der Waals surface area contributed by atoms with Gasteiger partial charge in [0, 0.05) is 36.3 Å². The van der Waals surface area contributed by atoms with Gasteiger partial charge >= 0.3 is 5.97 Å². The van der Waals surface area contributed by atoms with E-state index < -0.39 is 5.79 Å². The second-order valence-electron chi connectivity index (χ2n) is 7.27. The van der Waals surface area contributed by atoms with Crippen molar-refractivity contribution < 1.29 is 19.0 Å². The molecule has 26 heavy (non-hydrogen) atoms. The number of hydrogen-bond donors (Lipinski definition) is 0. The molecule has 0 amide bonds. The first-order chi connectivity index (χ1) is 12.6. The van der Waals surface area contributed by atoms with Crippen LogP contribution < -0.4 is 0 Å². The SMILES string of the molecule is CCCCC(=O)OCCC1OC2(CCCC2)OC1C1=C(Cl)C=CCC=C1. The summed E-state index contributed by atoms with van der Waals surface area (Å²) in [7, 11) is 0. The Balaban J connectivity index is 1.66. The van der Waals surface area contributed by atoms with Crippen molar-refractivity contribution in [2.45, 2.75) is 82.7 Å². The van der Waals surface area contributed by atoms with E-state index in [0.29, 0.717) is 24.5 Å². The second-order valence-corrected chi connectivity index (χ2v) is 7.68. The third-order valence-electron chi connectivity index (χ3n) is 5.23. The summed E-state index contributed by atoms with van der Waals surface area (Å²) in [6.45, 7) is 2.42. The van der Waals surface area contributed by atoms with E-state index in [2.05, 4.69) is 13.0 Å². The lowest BCUT2D eigenvalue weighted by Crippen LogP contribution is -2.27. The highest BCUT2D eigenvalue weighted by molar-refractivity contribution is 6.31. The number of ether oxygens (including phenoxy) is 3. The van der Waals surface area contributed by atoms with E-state index in [-0.39, 0.29) is 18.2 Å². The van der Waals surface area contributed by atoms with Gasteiger partial charge in [-0.2, -0.15) is 0 Å². The molecule has 2 atom stereocenters. The lowest BCUT2D eigenvalue weighted by atomic mass is 10.0. The number of carbonyl (C=O) groups excluding carboxylic acids is 1. The summed E-state index contributed by atoms with van der Waals surface area (Å²) in [5, 5.41) is 0.701. The van der Waals surface area contributed by atoms with Crippen molar-refractivity contribution >= 4 is 17.6 Å². The molecule has 1 aliphatic heterocycles. The first-order valence-electron chi connectivity index (χ1n) is 9.87. The van der Waals surface area contributed by atoms with Crippen LogP contribution in [0, 0.1) is 0 Å². The van der Waals surface area contributed by atoms with Crippen LogP contribution in [0.3, 0.4) is 0 Å². The largest absolute Gasteiger partial charge is 0.466 e. The van der Waals surface area contributed by atoms with Gasteiger partial charge in [-0.25, -0.2) is 0 Å². The van der Waals surface area contributed by atoms with E-state index in [9.17, 15) is 4.79 Å². The number of rotatable bonds is 7. The van der Waals surface area contributed by atoms with Gasteiger partial charge in [-0.1, -0.05) is 43.2 Å². The van der Waals surface area contributed by atoms with Gasteiger partial charge < -0.3 is 14.2 Å². The van der Waals surface area contributed by atoms with Crippen LogP contribution in [0.25, 0.3) is 0 Å². The molecule has 4 nitrogen and oxygen atoms in total. The summed E-state index contributed by atoms with van der Waals surface area (Å²) < 4.78 is 18.2. The summed E-state index contributed by atoms with van der Waals surface area (Å²) in [5.41, 5.74) is 0.964. The average molecular weight is 381 g/mol. The Hall–Kier alpha value is -1.10. The Morgan fingerprint density at radius 1 is 1.27 bits per heavy atom. The molecule has 0 aromatic carbocycles. The van der Waals surface area contributed by atoms with Crippen LogP contribution in [0.1, 0.15) is 64.7 Å². The third kappa shape index (κ3) is 4.79. The minimum atomic E-state index is -0.490. The van der Waals surface area contributed by atoms with E-state index in [1.807, 2.05) is 18.2 Å². The molecule has 1 saturated heterocycles. The van der Waals surface area contributed by atoms with Gasteiger partial charge in [0.1, 0.15) is 6.10 Å². The topological polar surface area (TPSA) is 44.8 Å². The fraction of sp³-hybridized carbons (Fsp3) is 0.667. The van der Waals surface area contributed by atoms with E-state index in [1.54, 1.807) is 0 Å². The summed E-state index contributed by atoms with van der Waals surface area (Å²) in [6.07, 6.45) is 15.6. The van der Waals surface area contributed by atoms with Gasteiger partial charge in [-0.3, -0.25) is 4.79 Å². The molecule has 1 saturated carbocycles. The molecule has 0 aromatic rings. The Kier molecular flexibility index (Phi) is 6.96. The monoisotopic (exact) mass is 380 g/mol. The highest BCUT2D eigenvalue weighted by atomic mass is 35.5. The summed E-state index contributed by atoms with van der Waals surface area (Å²) in [6, 6.07) is 0. The molecule has 2 unspecified atom stereocenters. The molecule has 5 heteroatoms. The molecule has 0 radical (unpaired) electrons. The molecule has 1 heterocycles. The summed E-state index contributed by atoms with van der Waals surface area (Å²) in [4.78, 5) is 11.8. The fourth-order valence-corrected chi connectivity index (χ4v) is 4.09. The fourth-order valence-electron chi connectivity index (χ4n) is 3.83. The molecule has 1 spiro atoms. The van der Waals surface area contributed by atoms with Crippen molar-refractivity contribution in [3.8, 4) is 0 Å². The number of hydrogen-bond acceptors (Lipinski definition) is 4. The van der Waals surface area contributed by atoms with Crippen molar-refractivity contribution in [1.82, 2.24) is 0 Å². The van der Waals surface area contributed by atoms with Gasteiger partial charge in [0.2, 0.25) is 0 Å². The molecule has 0 N–H and O–H groups in total. The highest BCUT2D eigenvalue weighted by Crippen LogP contribution is 2.45. The number of esters is 1. The smallest absolute Gasteiger partial charge is 0.305 e. The van der Waals surface area contributed by atoms with Crippen molar-refractivity contribution in [2.75, 3.05) is 6.61 Å². The highest BCUT2D eigenvalue weighted by Gasteiger charge is 2.50. The van der Waals surface area contributed by atoms with E-state index in [0.717, 1.165) is 50.5 Å².